The lowest BCUT2D eigenvalue weighted by atomic mass is 10.1. The summed E-state index contributed by atoms with van der Waals surface area (Å²) >= 11 is 0. The van der Waals surface area contributed by atoms with E-state index in [0.717, 1.165) is 29.8 Å². The quantitative estimate of drug-likeness (QED) is 0.705. The molecule has 4 heteroatoms. The number of aromatic nitrogens is 1. The van der Waals surface area contributed by atoms with Gasteiger partial charge in [-0.3, -0.25) is 0 Å². The highest BCUT2D eigenvalue weighted by Crippen LogP contribution is 2.29. The molecule has 0 fully saturated rings. The van der Waals surface area contributed by atoms with E-state index < -0.39 is 0 Å². The van der Waals surface area contributed by atoms with E-state index >= 15 is 0 Å². The summed E-state index contributed by atoms with van der Waals surface area (Å²) in [5.74, 6) is 0. The monoisotopic (exact) mass is 333 g/mol. The summed E-state index contributed by atoms with van der Waals surface area (Å²) < 4.78 is 2.18. The Labute approximate surface area is 148 Å². The molecular weight excluding hydrogens is 310 g/mol. The molecule has 1 aliphatic rings. The molecule has 2 aromatic carbocycles. The molecule has 1 aromatic heterocycles. The number of carbonyl (C=O) groups is 1. The van der Waals surface area contributed by atoms with E-state index in [0.29, 0.717) is 6.54 Å². The van der Waals surface area contributed by atoms with Crippen molar-refractivity contribution in [1.82, 2.24) is 9.47 Å². The molecule has 25 heavy (non-hydrogen) atoms. The maximum atomic E-state index is 12.8. The summed E-state index contributed by atoms with van der Waals surface area (Å²) in [7, 11) is 2.09. The molecule has 4 rings (SSSR count). The van der Waals surface area contributed by atoms with Crippen LogP contribution in [0.3, 0.4) is 0 Å². The SMILES string of the molecule is Cc1cc(C)cc(NC(=O)N2CCc3cn(C)c4cccc(c34)C2)c1. The Hall–Kier alpha value is -2.75. The molecule has 128 valence electrons. The number of hydrogen-bond acceptors (Lipinski definition) is 1. The standard InChI is InChI=1S/C21H23N3O/c1-14-9-15(2)11-18(10-14)22-21(25)24-8-7-17-12-23(3)19-6-4-5-16(13-24)20(17)19/h4-6,9-12H,7-8,13H2,1-3H3,(H,22,25). The Balaban J connectivity index is 1.60. The molecule has 3 aromatic rings. The number of carbonyl (C=O) groups excluding carboxylic acids is 1. The van der Waals surface area contributed by atoms with E-state index in [9.17, 15) is 4.79 Å². The molecule has 0 atom stereocenters. The zero-order chi connectivity index (χ0) is 17.6. The van der Waals surface area contributed by atoms with Gasteiger partial charge in [0, 0.05) is 42.9 Å². The normalized spacial score (nSPS) is 13.8. The van der Waals surface area contributed by atoms with Gasteiger partial charge in [-0.25, -0.2) is 4.79 Å². The number of anilines is 1. The molecule has 1 aliphatic heterocycles. The Morgan fingerprint density at radius 3 is 2.60 bits per heavy atom. The number of amides is 2. The van der Waals surface area contributed by atoms with Crippen LogP contribution in [-0.4, -0.2) is 22.0 Å². The Kier molecular flexibility index (Phi) is 3.75. The molecule has 0 saturated carbocycles. The number of benzene rings is 2. The summed E-state index contributed by atoms with van der Waals surface area (Å²) in [6, 6.07) is 12.5. The third-order valence-corrected chi connectivity index (χ3v) is 4.95. The number of rotatable bonds is 1. The van der Waals surface area contributed by atoms with Gasteiger partial charge in [0.25, 0.3) is 0 Å². The first kappa shape index (κ1) is 15.8. The van der Waals surface area contributed by atoms with Crippen LogP contribution in [0.1, 0.15) is 22.3 Å². The van der Waals surface area contributed by atoms with Crippen LogP contribution in [0.2, 0.25) is 0 Å². The van der Waals surface area contributed by atoms with Gasteiger partial charge in [0.1, 0.15) is 0 Å². The van der Waals surface area contributed by atoms with Gasteiger partial charge in [0.15, 0.2) is 0 Å². The lowest BCUT2D eigenvalue weighted by molar-refractivity contribution is 0.210. The molecular formula is C21H23N3O. The van der Waals surface area contributed by atoms with Crippen LogP contribution in [0.15, 0.2) is 42.6 Å². The van der Waals surface area contributed by atoms with Gasteiger partial charge >= 0.3 is 6.03 Å². The fourth-order valence-corrected chi connectivity index (χ4v) is 3.90. The van der Waals surface area contributed by atoms with E-state index in [1.54, 1.807) is 0 Å². The Morgan fingerprint density at radius 2 is 1.84 bits per heavy atom. The van der Waals surface area contributed by atoms with Crippen molar-refractivity contribution in [1.29, 1.82) is 0 Å². The largest absolute Gasteiger partial charge is 0.350 e. The number of urea groups is 1. The molecule has 0 unspecified atom stereocenters. The maximum absolute atomic E-state index is 12.8. The van der Waals surface area contributed by atoms with Crippen molar-refractivity contribution >= 4 is 22.6 Å². The highest BCUT2D eigenvalue weighted by atomic mass is 16.2. The van der Waals surface area contributed by atoms with Crippen LogP contribution in [0.4, 0.5) is 10.5 Å². The van der Waals surface area contributed by atoms with Crippen LogP contribution in [0.25, 0.3) is 10.9 Å². The third kappa shape index (κ3) is 2.88. The molecule has 0 aliphatic carbocycles. The molecule has 0 spiro atoms. The topological polar surface area (TPSA) is 37.3 Å². The molecule has 0 bridgehead atoms. The second-order valence-electron chi connectivity index (χ2n) is 7.05. The number of hydrogen-bond donors (Lipinski definition) is 1. The zero-order valence-corrected chi connectivity index (χ0v) is 15.0. The predicted octanol–water partition coefficient (Wildman–Crippen LogP) is 4.39. The smallest absolute Gasteiger partial charge is 0.322 e. The van der Waals surface area contributed by atoms with Crippen LogP contribution >= 0.6 is 0 Å². The Morgan fingerprint density at radius 1 is 1.08 bits per heavy atom. The lowest BCUT2D eigenvalue weighted by Gasteiger charge is -2.22. The minimum atomic E-state index is -0.0310. The highest BCUT2D eigenvalue weighted by Gasteiger charge is 2.22. The maximum Gasteiger partial charge on any atom is 0.322 e. The lowest BCUT2D eigenvalue weighted by Crippen LogP contribution is -2.35. The fourth-order valence-electron chi connectivity index (χ4n) is 3.90. The fraction of sp³-hybridized carbons (Fsp3) is 0.286. The van der Waals surface area contributed by atoms with Gasteiger partial charge in [-0.1, -0.05) is 18.2 Å². The van der Waals surface area contributed by atoms with Crippen molar-refractivity contribution in [3.8, 4) is 0 Å². The van der Waals surface area contributed by atoms with Gasteiger partial charge in [-0.15, -0.1) is 0 Å². The average Bonchev–Trinajstić information content (AvgIpc) is 2.75. The second-order valence-corrected chi connectivity index (χ2v) is 7.05. The number of nitrogens with one attached hydrogen (secondary N) is 1. The van der Waals surface area contributed by atoms with E-state index in [4.69, 9.17) is 0 Å². The van der Waals surface area contributed by atoms with Crippen molar-refractivity contribution in [2.24, 2.45) is 7.05 Å². The second kappa shape index (κ2) is 5.96. The summed E-state index contributed by atoms with van der Waals surface area (Å²) in [4.78, 5) is 14.7. The average molecular weight is 333 g/mol. The zero-order valence-electron chi connectivity index (χ0n) is 15.0. The van der Waals surface area contributed by atoms with E-state index in [2.05, 4.69) is 47.4 Å². The van der Waals surface area contributed by atoms with Crippen molar-refractivity contribution in [3.63, 3.8) is 0 Å². The first-order valence-electron chi connectivity index (χ1n) is 8.71. The van der Waals surface area contributed by atoms with Crippen LogP contribution in [0.5, 0.6) is 0 Å². The minimum absolute atomic E-state index is 0.0310. The first-order valence-corrected chi connectivity index (χ1v) is 8.71. The molecule has 0 radical (unpaired) electrons. The van der Waals surface area contributed by atoms with Crippen LogP contribution in [0, 0.1) is 13.8 Å². The van der Waals surface area contributed by atoms with Crippen LogP contribution in [-0.2, 0) is 20.0 Å². The minimum Gasteiger partial charge on any atom is -0.350 e. The first-order chi connectivity index (χ1) is 12.0. The molecule has 2 amide bonds. The van der Waals surface area contributed by atoms with Gasteiger partial charge in [0.05, 0.1) is 0 Å². The van der Waals surface area contributed by atoms with E-state index in [-0.39, 0.29) is 6.03 Å². The summed E-state index contributed by atoms with van der Waals surface area (Å²) in [5, 5.41) is 4.38. The Bertz CT molecular complexity index is 950. The number of nitrogens with zero attached hydrogens (tertiary/aromatic N) is 2. The van der Waals surface area contributed by atoms with Gasteiger partial charge in [0.2, 0.25) is 0 Å². The summed E-state index contributed by atoms with van der Waals surface area (Å²) in [6.45, 7) is 5.47. The van der Waals surface area contributed by atoms with Crippen molar-refractivity contribution < 1.29 is 4.79 Å². The molecule has 4 nitrogen and oxygen atoms in total. The number of aryl methyl sites for hydroxylation is 3. The molecule has 0 saturated heterocycles. The van der Waals surface area contributed by atoms with Crippen molar-refractivity contribution in [3.05, 3.63) is 64.8 Å². The van der Waals surface area contributed by atoms with E-state index in [1.807, 2.05) is 30.9 Å². The third-order valence-electron chi connectivity index (χ3n) is 4.95. The van der Waals surface area contributed by atoms with Gasteiger partial charge < -0.3 is 14.8 Å². The summed E-state index contributed by atoms with van der Waals surface area (Å²) in [6.07, 6.45) is 3.08. The van der Waals surface area contributed by atoms with E-state index in [1.165, 1.54) is 22.0 Å². The van der Waals surface area contributed by atoms with Crippen LogP contribution < -0.4 is 5.32 Å². The van der Waals surface area contributed by atoms with Crippen molar-refractivity contribution in [2.75, 3.05) is 11.9 Å². The van der Waals surface area contributed by atoms with Crippen molar-refractivity contribution in [2.45, 2.75) is 26.8 Å². The predicted molar refractivity (Wildman–Crippen MR) is 102 cm³/mol. The molecule has 1 N–H and O–H groups in total. The summed E-state index contributed by atoms with van der Waals surface area (Å²) in [5.41, 5.74) is 6.97. The van der Waals surface area contributed by atoms with Gasteiger partial charge in [-0.2, -0.15) is 0 Å². The highest BCUT2D eigenvalue weighted by molar-refractivity contribution is 5.92. The van der Waals surface area contributed by atoms with Gasteiger partial charge in [-0.05, 0) is 60.7 Å². The molecule has 2 heterocycles.